The first-order valence-corrected chi connectivity index (χ1v) is 6.44. The van der Waals surface area contributed by atoms with Crippen molar-refractivity contribution in [3.63, 3.8) is 0 Å². The predicted octanol–water partition coefficient (Wildman–Crippen LogP) is 2.57. The maximum atomic E-state index is 12.2. The molecule has 102 valence electrons. The third kappa shape index (κ3) is 2.48. The summed E-state index contributed by atoms with van der Waals surface area (Å²) >= 11 is 0. The Labute approximate surface area is 113 Å². The fourth-order valence-corrected chi connectivity index (χ4v) is 2.55. The Morgan fingerprint density at radius 3 is 2.11 bits per heavy atom. The topological polar surface area (TPSA) is 63.4 Å². The lowest BCUT2D eigenvalue weighted by atomic mass is 9.81. The highest BCUT2D eigenvalue weighted by molar-refractivity contribution is 6.17. The second kappa shape index (κ2) is 4.37. The summed E-state index contributed by atoms with van der Waals surface area (Å²) < 4.78 is 0. The quantitative estimate of drug-likeness (QED) is 0.623. The number of benzene rings is 1. The number of nitrogens with two attached hydrogens (primary N) is 1. The van der Waals surface area contributed by atoms with Crippen LogP contribution < -0.4 is 10.6 Å². The number of hydrogen-bond acceptors (Lipinski definition) is 3. The Bertz CT molecular complexity index is 542. The van der Waals surface area contributed by atoms with E-state index in [0.29, 0.717) is 24.2 Å². The van der Waals surface area contributed by atoms with E-state index >= 15 is 0 Å². The number of carbonyl (C=O) groups is 2. The zero-order valence-corrected chi connectivity index (χ0v) is 11.9. The zero-order valence-electron chi connectivity index (χ0n) is 11.9. The Kier molecular flexibility index (Phi) is 3.12. The van der Waals surface area contributed by atoms with Crippen LogP contribution in [-0.4, -0.2) is 11.8 Å². The molecular weight excluding hydrogens is 240 g/mol. The van der Waals surface area contributed by atoms with Crippen molar-refractivity contribution in [1.29, 1.82) is 0 Å². The summed E-state index contributed by atoms with van der Waals surface area (Å²) in [7, 11) is 0. The summed E-state index contributed by atoms with van der Waals surface area (Å²) in [4.78, 5) is 25.8. The highest BCUT2D eigenvalue weighted by Gasteiger charge is 2.38. The van der Waals surface area contributed by atoms with Crippen LogP contribution in [0, 0.1) is 19.3 Å². The number of piperidine rings is 1. The molecule has 2 N–H and O–H groups in total. The predicted molar refractivity (Wildman–Crippen MR) is 75.8 cm³/mol. The van der Waals surface area contributed by atoms with Gasteiger partial charge in [-0.1, -0.05) is 19.9 Å². The smallest absolute Gasteiger partial charge is 0.234 e. The van der Waals surface area contributed by atoms with E-state index in [9.17, 15) is 9.59 Å². The van der Waals surface area contributed by atoms with E-state index in [2.05, 4.69) is 0 Å². The van der Waals surface area contributed by atoms with Gasteiger partial charge in [-0.25, -0.2) is 0 Å². The number of imide groups is 1. The van der Waals surface area contributed by atoms with Crippen molar-refractivity contribution >= 4 is 23.2 Å². The summed E-state index contributed by atoms with van der Waals surface area (Å²) in [6.45, 7) is 7.68. The number of rotatable bonds is 1. The van der Waals surface area contributed by atoms with Gasteiger partial charge in [0, 0.05) is 18.5 Å². The van der Waals surface area contributed by atoms with Crippen LogP contribution in [0.1, 0.15) is 37.8 Å². The molecule has 2 amide bonds. The van der Waals surface area contributed by atoms with Crippen LogP contribution in [0.15, 0.2) is 12.1 Å². The fourth-order valence-electron chi connectivity index (χ4n) is 2.55. The van der Waals surface area contributed by atoms with Crippen LogP contribution in [-0.2, 0) is 9.59 Å². The first kappa shape index (κ1) is 13.6. The minimum atomic E-state index is -0.255. The molecule has 4 heteroatoms. The average Bonchev–Trinajstić information content (AvgIpc) is 2.22. The number of hydrogen-bond donors (Lipinski definition) is 1. The number of nitrogens with zero attached hydrogens (tertiary/aromatic N) is 1. The Hall–Kier alpha value is -1.84. The molecule has 0 radical (unpaired) electrons. The Balaban J connectivity index is 2.45. The van der Waals surface area contributed by atoms with Crippen LogP contribution in [0.3, 0.4) is 0 Å². The second-order valence-electron chi connectivity index (χ2n) is 6.14. The van der Waals surface area contributed by atoms with E-state index in [1.54, 1.807) is 6.07 Å². The van der Waals surface area contributed by atoms with E-state index in [-0.39, 0.29) is 17.2 Å². The molecule has 1 aromatic carbocycles. The molecular formula is C15H20N2O2. The van der Waals surface area contributed by atoms with Gasteiger partial charge >= 0.3 is 0 Å². The average molecular weight is 260 g/mol. The van der Waals surface area contributed by atoms with Gasteiger partial charge in [-0.15, -0.1) is 0 Å². The summed E-state index contributed by atoms with van der Waals surface area (Å²) in [5.41, 5.74) is 8.71. The molecule has 2 rings (SSSR count). The van der Waals surface area contributed by atoms with Crippen molar-refractivity contribution in [2.45, 2.75) is 40.5 Å². The fraction of sp³-hybridized carbons (Fsp3) is 0.467. The largest absolute Gasteiger partial charge is 0.398 e. The summed E-state index contributed by atoms with van der Waals surface area (Å²) in [5, 5.41) is 0. The van der Waals surface area contributed by atoms with E-state index in [4.69, 9.17) is 5.73 Å². The van der Waals surface area contributed by atoms with Crippen molar-refractivity contribution in [2.24, 2.45) is 5.41 Å². The van der Waals surface area contributed by atoms with Crippen LogP contribution in [0.5, 0.6) is 0 Å². The minimum absolute atomic E-state index is 0.146. The molecule has 0 atom stereocenters. The van der Waals surface area contributed by atoms with Gasteiger partial charge in [-0.05, 0) is 36.5 Å². The van der Waals surface area contributed by atoms with Crippen molar-refractivity contribution in [3.8, 4) is 0 Å². The molecule has 1 heterocycles. The molecule has 0 bridgehead atoms. The lowest BCUT2D eigenvalue weighted by molar-refractivity contribution is -0.132. The van der Waals surface area contributed by atoms with Crippen LogP contribution in [0.25, 0.3) is 0 Å². The molecule has 1 saturated heterocycles. The van der Waals surface area contributed by atoms with E-state index in [1.165, 1.54) is 4.90 Å². The zero-order chi connectivity index (χ0) is 14.4. The molecule has 0 aromatic heterocycles. The number of nitrogen functional groups attached to an aromatic ring is 1. The molecule has 4 nitrogen and oxygen atoms in total. The summed E-state index contributed by atoms with van der Waals surface area (Å²) in [5.74, 6) is -0.291. The Morgan fingerprint density at radius 2 is 1.58 bits per heavy atom. The molecule has 1 aliphatic heterocycles. The maximum absolute atomic E-state index is 12.2. The van der Waals surface area contributed by atoms with E-state index < -0.39 is 0 Å². The molecule has 19 heavy (non-hydrogen) atoms. The van der Waals surface area contributed by atoms with Crippen molar-refractivity contribution < 1.29 is 9.59 Å². The third-order valence-electron chi connectivity index (χ3n) is 3.58. The number of carbonyl (C=O) groups excluding carboxylic acids is 2. The van der Waals surface area contributed by atoms with E-state index in [1.807, 2.05) is 33.8 Å². The SMILES string of the molecule is Cc1cc(C)c(N2C(=O)CC(C)(C)CC2=O)cc1N. The number of amides is 2. The monoisotopic (exact) mass is 260 g/mol. The van der Waals surface area contributed by atoms with Crippen LogP contribution in [0.2, 0.25) is 0 Å². The van der Waals surface area contributed by atoms with Gasteiger partial charge in [-0.3, -0.25) is 14.5 Å². The molecule has 1 aromatic rings. The molecule has 0 unspecified atom stereocenters. The molecule has 1 fully saturated rings. The standard InChI is InChI=1S/C15H20N2O2/c1-9-5-10(2)12(6-11(9)16)17-13(18)7-15(3,4)8-14(17)19/h5-6H,7-8,16H2,1-4H3. The van der Waals surface area contributed by atoms with Crippen molar-refractivity contribution in [2.75, 3.05) is 10.6 Å². The van der Waals surface area contributed by atoms with Crippen LogP contribution in [0.4, 0.5) is 11.4 Å². The Morgan fingerprint density at radius 1 is 1.05 bits per heavy atom. The number of anilines is 2. The third-order valence-corrected chi connectivity index (χ3v) is 3.58. The van der Waals surface area contributed by atoms with Crippen molar-refractivity contribution in [3.05, 3.63) is 23.3 Å². The van der Waals surface area contributed by atoms with Crippen LogP contribution >= 0.6 is 0 Å². The highest BCUT2D eigenvalue weighted by Crippen LogP contribution is 2.36. The van der Waals surface area contributed by atoms with Gasteiger partial charge in [0.1, 0.15) is 0 Å². The van der Waals surface area contributed by atoms with Gasteiger partial charge in [0.2, 0.25) is 11.8 Å². The maximum Gasteiger partial charge on any atom is 0.234 e. The number of aryl methyl sites for hydroxylation is 2. The summed E-state index contributed by atoms with van der Waals surface area (Å²) in [6.07, 6.45) is 0.762. The van der Waals surface area contributed by atoms with Crippen molar-refractivity contribution in [1.82, 2.24) is 0 Å². The molecule has 0 spiro atoms. The van der Waals surface area contributed by atoms with Gasteiger partial charge in [0.15, 0.2) is 0 Å². The molecule has 1 aliphatic rings. The lowest BCUT2D eigenvalue weighted by Gasteiger charge is -2.35. The lowest BCUT2D eigenvalue weighted by Crippen LogP contribution is -2.46. The van der Waals surface area contributed by atoms with Gasteiger partial charge in [0.05, 0.1) is 5.69 Å². The highest BCUT2D eigenvalue weighted by atomic mass is 16.2. The summed E-state index contributed by atoms with van der Waals surface area (Å²) in [6, 6.07) is 3.63. The van der Waals surface area contributed by atoms with Gasteiger partial charge in [0.25, 0.3) is 0 Å². The minimum Gasteiger partial charge on any atom is -0.398 e. The first-order valence-electron chi connectivity index (χ1n) is 6.44. The molecule has 0 saturated carbocycles. The molecule has 0 aliphatic carbocycles. The van der Waals surface area contributed by atoms with Gasteiger partial charge < -0.3 is 5.73 Å². The second-order valence-corrected chi connectivity index (χ2v) is 6.14. The first-order chi connectivity index (χ1) is 8.71. The van der Waals surface area contributed by atoms with Gasteiger partial charge in [-0.2, -0.15) is 0 Å². The normalized spacial score (nSPS) is 18.8. The van der Waals surface area contributed by atoms with E-state index in [0.717, 1.165) is 11.1 Å².